The summed E-state index contributed by atoms with van der Waals surface area (Å²) in [5.41, 5.74) is 8.60. The van der Waals surface area contributed by atoms with E-state index >= 15 is 0 Å². The van der Waals surface area contributed by atoms with E-state index in [1.165, 1.54) is 0 Å². The fraction of sp³-hybridized carbons (Fsp3) is 0.235. The molecular weight excluding hydrogens is 264 g/mol. The first-order chi connectivity index (χ1) is 10.1. The molecule has 2 aromatic rings. The number of hydrogen-bond acceptors (Lipinski definition) is 3. The molecule has 0 spiro atoms. The smallest absolute Gasteiger partial charge is 0.255 e. The lowest BCUT2D eigenvalue weighted by Gasteiger charge is -2.14. The molecule has 3 N–H and O–H groups in total. The molecule has 0 aliphatic carbocycles. The van der Waals surface area contributed by atoms with Gasteiger partial charge in [-0.2, -0.15) is 0 Å². The summed E-state index contributed by atoms with van der Waals surface area (Å²) in [6.45, 7) is 2.31. The van der Waals surface area contributed by atoms with Crippen molar-refractivity contribution in [1.82, 2.24) is 5.32 Å². The van der Waals surface area contributed by atoms with Crippen molar-refractivity contribution >= 4 is 5.91 Å². The summed E-state index contributed by atoms with van der Waals surface area (Å²) in [4.78, 5) is 12.3. The molecule has 2 aromatic carbocycles. The molecule has 21 heavy (non-hydrogen) atoms. The van der Waals surface area contributed by atoms with Crippen LogP contribution in [0.1, 0.15) is 27.5 Å². The van der Waals surface area contributed by atoms with Crippen molar-refractivity contribution in [3.63, 3.8) is 0 Å². The van der Waals surface area contributed by atoms with Crippen LogP contribution in [0, 0.1) is 6.92 Å². The standard InChI is InChI=1S/C17H20N2O2/c1-12-8-9-16(21-2)14(10-12)17(20)19-11-15(18)13-6-4-3-5-7-13/h3-10,15H,11,18H2,1-2H3,(H,19,20). The number of amides is 1. The third-order valence-corrected chi connectivity index (χ3v) is 3.31. The van der Waals surface area contributed by atoms with Crippen molar-refractivity contribution in [1.29, 1.82) is 0 Å². The number of methoxy groups -OCH3 is 1. The van der Waals surface area contributed by atoms with Gasteiger partial charge in [0.2, 0.25) is 0 Å². The summed E-state index contributed by atoms with van der Waals surface area (Å²) in [6, 6.07) is 15.0. The van der Waals surface area contributed by atoms with Gasteiger partial charge < -0.3 is 15.8 Å². The highest BCUT2D eigenvalue weighted by atomic mass is 16.5. The highest BCUT2D eigenvalue weighted by Gasteiger charge is 2.14. The predicted molar refractivity (Wildman–Crippen MR) is 83.4 cm³/mol. The summed E-state index contributed by atoms with van der Waals surface area (Å²) in [6.07, 6.45) is 0. The molecular formula is C17H20N2O2. The number of aryl methyl sites for hydroxylation is 1. The van der Waals surface area contributed by atoms with Crippen molar-refractivity contribution < 1.29 is 9.53 Å². The summed E-state index contributed by atoms with van der Waals surface area (Å²) in [5, 5.41) is 2.86. The molecule has 1 amide bonds. The predicted octanol–water partition coefficient (Wildman–Crippen LogP) is 2.43. The lowest BCUT2D eigenvalue weighted by Crippen LogP contribution is -2.32. The second-order valence-electron chi connectivity index (χ2n) is 4.93. The minimum absolute atomic E-state index is 0.179. The number of nitrogens with two attached hydrogens (primary N) is 1. The number of carbonyl (C=O) groups excluding carboxylic acids is 1. The van der Waals surface area contributed by atoms with Crippen LogP contribution in [0.25, 0.3) is 0 Å². The van der Waals surface area contributed by atoms with E-state index < -0.39 is 0 Å². The number of benzene rings is 2. The summed E-state index contributed by atoms with van der Waals surface area (Å²) >= 11 is 0. The largest absolute Gasteiger partial charge is 0.496 e. The summed E-state index contributed by atoms with van der Waals surface area (Å²) < 4.78 is 5.22. The van der Waals surface area contributed by atoms with Gasteiger partial charge in [-0.25, -0.2) is 0 Å². The second-order valence-corrected chi connectivity index (χ2v) is 4.93. The minimum atomic E-state index is -0.231. The molecule has 0 aromatic heterocycles. The Hall–Kier alpha value is -2.33. The van der Waals surface area contributed by atoms with E-state index in [2.05, 4.69) is 5.32 Å². The van der Waals surface area contributed by atoms with Crippen LogP contribution in [-0.4, -0.2) is 19.6 Å². The van der Waals surface area contributed by atoms with E-state index in [-0.39, 0.29) is 11.9 Å². The molecule has 4 nitrogen and oxygen atoms in total. The lowest BCUT2D eigenvalue weighted by atomic mass is 10.1. The Balaban J connectivity index is 2.04. The van der Waals surface area contributed by atoms with Gasteiger partial charge in [0.05, 0.1) is 12.7 Å². The van der Waals surface area contributed by atoms with Gasteiger partial charge in [0.1, 0.15) is 5.75 Å². The van der Waals surface area contributed by atoms with E-state index in [1.54, 1.807) is 13.2 Å². The first-order valence-corrected chi connectivity index (χ1v) is 6.85. The Morgan fingerprint density at radius 2 is 1.95 bits per heavy atom. The van der Waals surface area contributed by atoms with Crippen LogP contribution in [0.2, 0.25) is 0 Å². The molecule has 0 aliphatic heterocycles. The van der Waals surface area contributed by atoms with Crippen LogP contribution in [-0.2, 0) is 0 Å². The van der Waals surface area contributed by atoms with Gasteiger partial charge in [-0.15, -0.1) is 0 Å². The van der Waals surface area contributed by atoms with Crippen molar-refractivity contribution in [2.24, 2.45) is 5.73 Å². The zero-order valence-electron chi connectivity index (χ0n) is 12.3. The molecule has 0 heterocycles. The number of hydrogen-bond donors (Lipinski definition) is 2. The molecule has 2 rings (SSSR count). The van der Waals surface area contributed by atoms with Crippen LogP contribution in [0.5, 0.6) is 5.75 Å². The molecule has 0 radical (unpaired) electrons. The highest BCUT2D eigenvalue weighted by Crippen LogP contribution is 2.19. The number of carbonyl (C=O) groups is 1. The van der Waals surface area contributed by atoms with Gasteiger partial charge in [-0.1, -0.05) is 42.0 Å². The average molecular weight is 284 g/mol. The van der Waals surface area contributed by atoms with Gasteiger partial charge >= 0.3 is 0 Å². The highest BCUT2D eigenvalue weighted by molar-refractivity contribution is 5.97. The Morgan fingerprint density at radius 3 is 2.62 bits per heavy atom. The van der Waals surface area contributed by atoms with Crippen molar-refractivity contribution in [3.05, 3.63) is 65.2 Å². The van der Waals surface area contributed by atoms with Crippen molar-refractivity contribution in [2.45, 2.75) is 13.0 Å². The van der Waals surface area contributed by atoms with Crippen LogP contribution >= 0.6 is 0 Å². The number of rotatable bonds is 5. The Bertz CT molecular complexity index is 611. The van der Waals surface area contributed by atoms with E-state index in [9.17, 15) is 4.79 Å². The lowest BCUT2D eigenvalue weighted by molar-refractivity contribution is 0.0948. The Kier molecular flexibility index (Phi) is 4.95. The zero-order chi connectivity index (χ0) is 15.2. The maximum absolute atomic E-state index is 12.3. The van der Waals surface area contributed by atoms with Crippen LogP contribution in [0.3, 0.4) is 0 Å². The Labute approximate surface area is 124 Å². The van der Waals surface area contributed by atoms with Gasteiger partial charge in [-0.05, 0) is 24.6 Å². The average Bonchev–Trinajstić information content (AvgIpc) is 2.53. The fourth-order valence-electron chi connectivity index (χ4n) is 2.12. The molecule has 0 saturated carbocycles. The molecule has 0 fully saturated rings. The summed E-state index contributed by atoms with van der Waals surface area (Å²) in [5.74, 6) is 0.383. The third kappa shape index (κ3) is 3.83. The molecule has 1 unspecified atom stereocenters. The SMILES string of the molecule is COc1ccc(C)cc1C(=O)NCC(N)c1ccccc1. The van der Waals surface area contributed by atoms with Gasteiger partial charge in [-0.3, -0.25) is 4.79 Å². The Morgan fingerprint density at radius 1 is 1.24 bits per heavy atom. The number of nitrogens with one attached hydrogen (secondary N) is 1. The topological polar surface area (TPSA) is 64.3 Å². The second kappa shape index (κ2) is 6.90. The van der Waals surface area contributed by atoms with Crippen molar-refractivity contribution in [2.75, 3.05) is 13.7 Å². The van der Waals surface area contributed by atoms with Gasteiger partial charge in [0, 0.05) is 12.6 Å². The van der Waals surface area contributed by atoms with Gasteiger partial charge in [0.25, 0.3) is 5.91 Å². The van der Waals surface area contributed by atoms with E-state index in [0.717, 1.165) is 11.1 Å². The van der Waals surface area contributed by atoms with Crippen LogP contribution in [0.15, 0.2) is 48.5 Å². The fourth-order valence-corrected chi connectivity index (χ4v) is 2.12. The molecule has 4 heteroatoms. The normalized spacial score (nSPS) is 11.8. The molecule has 1 atom stereocenters. The first kappa shape index (κ1) is 15.1. The monoisotopic (exact) mass is 284 g/mol. The van der Waals surface area contributed by atoms with Gasteiger partial charge in [0.15, 0.2) is 0 Å². The van der Waals surface area contributed by atoms with E-state index in [4.69, 9.17) is 10.5 Å². The quantitative estimate of drug-likeness (QED) is 0.886. The first-order valence-electron chi connectivity index (χ1n) is 6.85. The minimum Gasteiger partial charge on any atom is -0.496 e. The third-order valence-electron chi connectivity index (χ3n) is 3.31. The van der Waals surface area contributed by atoms with E-state index in [0.29, 0.717) is 17.9 Å². The van der Waals surface area contributed by atoms with Crippen LogP contribution < -0.4 is 15.8 Å². The molecule has 110 valence electrons. The zero-order valence-corrected chi connectivity index (χ0v) is 12.3. The maximum atomic E-state index is 12.3. The van der Waals surface area contributed by atoms with E-state index in [1.807, 2.05) is 49.4 Å². The van der Waals surface area contributed by atoms with Crippen LogP contribution in [0.4, 0.5) is 0 Å². The molecule has 0 saturated heterocycles. The summed E-state index contributed by atoms with van der Waals surface area (Å²) in [7, 11) is 1.55. The number of ether oxygens (including phenoxy) is 1. The molecule has 0 aliphatic rings. The van der Waals surface area contributed by atoms with Crippen molar-refractivity contribution in [3.8, 4) is 5.75 Å². The maximum Gasteiger partial charge on any atom is 0.255 e. The molecule has 0 bridgehead atoms.